The zero-order chi connectivity index (χ0) is 19.4. The number of nitrogens with one attached hydrogen (secondary N) is 2. The first-order valence-electron chi connectivity index (χ1n) is 7.94. The van der Waals surface area contributed by atoms with Crippen molar-refractivity contribution in [3.05, 3.63) is 0 Å². The molecule has 0 bridgehead atoms. The van der Waals surface area contributed by atoms with Crippen LogP contribution in [0.4, 0.5) is 0 Å². The SMILES string of the molecule is COCC(O)C(=O)NC(CCC(=O)NC(CCC=O)C(C)=O)C(C)=O. The molecule has 0 rings (SSSR count). The lowest BCUT2D eigenvalue weighted by molar-refractivity contribution is -0.135. The molecule has 0 aliphatic carbocycles. The van der Waals surface area contributed by atoms with Gasteiger partial charge in [0.2, 0.25) is 5.91 Å². The monoisotopic (exact) mass is 358 g/mol. The number of aliphatic hydroxyl groups is 1. The van der Waals surface area contributed by atoms with E-state index in [9.17, 15) is 29.1 Å². The second-order valence-electron chi connectivity index (χ2n) is 5.66. The normalized spacial score (nSPS) is 14.1. The van der Waals surface area contributed by atoms with E-state index in [-0.39, 0.29) is 43.9 Å². The number of ether oxygens (including phenoxy) is 1. The topological polar surface area (TPSA) is 139 Å². The van der Waals surface area contributed by atoms with Crippen molar-refractivity contribution in [3.8, 4) is 0 Å². The number of methoxy groups -OCH3 is 1. The summed E-state index contributed by atoms with van der Waals surface area (Å²) in [4.78, 5) is 57.0. The van der Waals surface area contributed by atoms with Crippen molar-refractivity contribution in [1.29, 1.82) is 0 Å². The molecular formula is C16H26N2O7. The number of Topliss-reactive ketones (excluding diaryl/α,β-unsaturated/α-hetero) is 2. The fourth-order valence-corrected chi connectivity index (χ4v) is 2.03. The highest BCUT2D eigenvalue weighted by Gasteiger charge is 2.23. The number of ketones is 2. The number of carbonyl (C=O) groups is 5. The molecular weight excluding hydrogens is 332 g/mol. The molecule has 9 heteroatoms. The van der Waals surface area contributed by atoms with Gasteiger partial charge in [-0.05, 0) is 26.7 Å². The first-order valence-corrected chi connectivity index (χ1v) is 7.94. The van der Waals surface area contributed by atoms with Gasteiger partial charge in [-0.25, -0.2) is 0 Å². The predicted octanol–water partition coefficient (Wildman–Crippen LogP) is -1.10. The highest BCUT2D eigenvalue weighted by atomic mass is 16.5. The molecule has 0 fully saturated rings. The van der Waals surface area contributed by atoms with Crippen LogP contribution in [0.2, 0.25) is 0 Å². The molecule has 0 aromatic carbocycles. The third-order valence-corrected chi connectivity index (χ3v) is 3.49. The Balaban J connectivity index is 4.56. The lowest BCUT2D eigenvalue weighted by atomic mass is 10.1. The molecule has 0 aliphatic rings. The fraction of sp³-hybridized carbons (Fsp3) is 0.688. The summed E-state index contributed by atoms with van der Waals surface area (Å²) in [6.07, 6.45) is -0.476. The van der Waals surface area contributed by atoms with Crippen LogP contribution in [0.3, 0.4) is 0 Å². The van der Waals surface area contributed by atoms with E-state index in [1.807, 2.05) is 0 Å². The van der Waals surface area contributed by atoms with Gasteiger partial charge in [0.1, 0.15) is 6.29 Å². The maximum Gasteiger partial charge on any atom is 0.251 e. The van der Waals surface area contributed by atoms with Crippen LogP contribution in [0.5, 0.6) is 0 Å². The number of aldehydes is 1. The summed E-state index contributed by atoms with van der Waals surface area (Å²) >= 11 is 0. The lowest BCUT2D eigenvalue weighted by Gasteiger charge is -2.19. The Morgan fingerprint density at radius 2 is 1.60 bits per heavy atom. The molecule has 0 spiro atoms. The number of carbonyl (C=O) groups excluding carboxylic acids is 5. The summed E-state index contributed by atoms with van der Waals surface area (Å²) in [5.74, 6) is -1.87. The van der Waals surface area contributed by atoms with Gasteiger partial charge in [-0.1, -0.05) is 0 Å². The van der Waals surface area contributed by atoms with Gasteiger partial charge in [-0.3, -0.25) is 19.2 Å². The van der Waals surface area contributed by atoms with Crippen LogP contribution in [-0.2, 0) is 28.7 Å². The van der Waals surface area contributed by atoms with E-state index in [1.54, 1.807) is 0 Å². The summed E-state index contributed by atoms with van der Waals surface area (Å²) in [5.41, 5.74) is 0. The van der Waals surface area contributed by atoms with Crippen LogP contribution in [0.1, 0.15) is 39.5 Å². The minimum Gasteiger partial charge on any atom is -0.381 e. The van der Waals surface area contributed by atoms with Crippen molar-refractivity contribution in [2.24, 2.45) is 0 Å². The molecule has 0 aromatic rings. The van der Waals surface area contributed by atoms with Crippen LogP contribution < -0.4 is 10.6 Å². The second-order valence-corrected chi connectivity index (χ2v) is 5.66. The Labute approximate surface area is 146 Å². The van der Waals surface area contributed by atoms with E-state index in [4.69, 9.17) is 0 Å². The molecule has 9 nitrogen and oxygen atoms in total. The summed E-state index contributed by atoms with van der Waals surface area (Å²) in [6.45, 7) is 2.35. The first-order chi connectivity index (χ1) is 11.7. The standard InChI is InChI=1S/C16H26N2O7/c1-10(20)12(5-4-8-19)17-15(23)7-6-13(11(2)21)18-16(24)14(22)9-25-3/h8,12-14,22H,4-7,9H2,1-3H3,(H,17,23)(H,18,24). The molecule has 0 saturated carbocycles. The molecule has 2 amide bonds. The third kappa shape index (κ3) is 9.68. The summed E-state index contributed by atoms with van der Waals surface area (Å²) in [7, 11) is 1.32. The van der Waals surface area contributed by atoms with E-state index in [0.717, 1.165) is 0 Å². The Morgan fingerprint density at radius 1 is 1.04 bits per heavy atom. The van der Waals surface area contributed by atoms with Gasteiger partial charge in [0.05, 0.1) is 18.7 Å². The lowest BCUT2D eigenvalue weighted by Crippen LogP contribution is -2.47. The van der Waals surface area contributed by atoms with Gasteiger partial charge in [0, 0.05) is 20.0 Å². The highest BCUT2D eigenvalue weighted by Crippen LogP contribution is 2.03. The minimum absolute atomic E-state index is 0.0188. The van der Waals surface area contributed by atoms with Gasteiger partial charge in [0.15, 0.2) is 17.7 Å². The van der Waals surface area contributed by atoms with Crippen molar-refractivity contribution in [2.45, 2.75) is 57.7 Å². The smallest absolute Gasteiger partial charge is 0.251 e. The number of hydrogen-bond donors (Lipinski definition) is 3. The average Bonchev–Trinajstić information content (AvgIpc) is 2.54. The number of rotatable bonds is 13. The summed E-state index contributed by atoms with van der Waals surface area (Å²) in [5, 5.41) is 14.4. The molecule has 142 valence electrons. The van der Waals surface area contributed by atoms with Crippen LogP contribution in [0, 0.1) is 0 Å². The largest absolute Gasteiger partial charge is 0.381 e. The quantitative estimate of drug-likeness (QED) is 0.355. The maximum absolute atomic E-state index is 11.9. The van der Waals surface area contributed by atoms with Gasteiger partial charge < -0.3 is 25.3 Å². The average molecular weight is 358 g/mol. The maximum atomic E-state index is 11.9. The summed E-state index contributed by atoms with van der Waals surface area (Å²) in [6, 6.07) is -1.69. The molecule has 0 aromatic heterocycles. The first kappa shape index (κ1) is 22.9. The Morgan fingerprint density at radius 3 is 2.08 bits per heavy atom. The molecule has 3 unspecified atom stereocenters. The Bertz CT molecular complexity index is 493. The third-order valence-electron chi connectivity index (χ3n) is 3.49. The highest BCUT2D eigenvalue weighted by molar-refractivity contribution is 5.90. The zero-order valence-corrected chi connectivity index (χ0v) is 14.7. The Kier molecular flexibility index (Phi) is 11.2. The molecule has 3 N–H and O–H groups in total. The number of amides is 2. The van der Waals surface area contributed by atoms with E-state index in [0.29, 0.717) is 6.29 Å². The molecule has 3 atom stereocenters. The molecule has 25 heavy (non-hydrogen) atoms. The Hall–Kier alpha value is -2.13. The number of aliphatic hydroxyl groups excluding tert-OH is 1. The van der Waals surface area contributed by atoms with Crippen LogP contribution in [0.15, 0.2) is 0 Å². The molecule has 0 heterocycles. The van der Waals surface area contributed by atoms with Crippen molar-refractivity contribution >= 4 is 29.7 Å². The molecule has 0 saturated heterocycles. The van der Waals surface area contributed by atoms with Crippen molar-refractivity contribution in [3.63, 3.8) is 0 Å². The molecule has 0 aliphatic heterocycles. The van der Waals surface area contributed by atoms with Crippen molar-refractivity contribution < 1.29 is 33.8 Å². The van der Waals surface area contributed by atoms with Gasteiger partial charge in [-0.15, -0.1) is 0 Å². The minimum atomic E-state index is -1.41. The fourth-order valence-electron chi connectivity index (χ4n) is 2.03. The number of hydrogen-bond acceptors (Lipinski definition) is 7. The van der Waals surface area contributed by atoms with Crippen molar-refractivity contribution in [1.82, 2.24) is 10.6 Å². The van der Waals surface area contributed by atoms with E-state index in [2.05, 4.69) is 15.4 Å². The van der Waals surface area contributed by atoms with Gasteiger partial charge in [0.25, 0.3) is 5.91 Å². The van der Waals surface area contributed by atoms with Gasteiger partial charge in [-0.2, -0.15) is 0 Å². The summed E-state index contributed by atoms with van der Waals surface area (Å²) < 4.78 is 4.65. The molecule has 0 radical (unpaired) electrons. The van der Waals surface area contributed by atoms with E-state index in [1.165, 1.54) is 21.0 Å². The predicted molar refractivity (Wildman–Crippen MR) is 87.6 cm³/mol. The van der Waals surface area contributed by atoms with Crippen LogP contribution >= 0.6 is 0 Å². The van der Waals surface area contributed by atoms with Gasteiger partial charge >= 0.3 is 0 Å². The second kappa shape index (κ2) is 12.3. The van der Waals surface area contributed by atoms with Crippen LogP contribution in [0.25, 0.3) is 0 Å². The van der Waals surface area contributed by atoms with E-state index >= 15 is 0 Å². The van der Waals surface area contributed by atoms with Crippen molar-refractivity contribution in [2.75, 3.05) is 13.7 Å². The van der Waals surface area contributed by atoms with Crippen LogP contribution in [-0.4, -0.2) is 66.7 Å². The zero-order valence-electron chi connectivity index (χ0n) is 14.7. The van der Waals surface area contributed by atoms with E-state index < -0.39 is 30.0 Å².